The first kappa shape index (κ1) is 20.8. The molecule has 2 aliphatic heterocycles. The molecule has 0 spiro atoms. The fourth-order valence-electron chi connectivity index (χ4n) is 3.68. The van der Waals surface area contributed by atoms with Crippen LogP contribution in [0.1, 0.15) is 41.6 Å². The highest BCUT2D eigenvalue weighted by atomic mass is 16.5. The van der Waals surface area contributed by atoms with Gasteiger partial charge in [0.15, 0.2) is 5.82 Å². The number of ether oxygens (including phenoxy) is 2. The first-order valence-corrected chi connectivity index (χ1v) is 10.7. The first-order chi connectivity index (χ1) is 14.6. The van der Waals surface area contributed by atoms with Crippen LogP contribution in [0.15, 0.2) is 22.7 Å². The van der Waals surface area contributed by atoms with Crippen molar-refractivity contribution in [3.05, 3.63) is 41.0 Å². The van der Waals surface area contributed by atoms with Gasteiger partial charge in [-0.05, 0) is 55.9 Å². The molecule has 1 aromatic heterocycles. The Morgan fingerprint density at radius 2 is 2.03 bits per heavy atom. The lowest BCUT2D eigenvalue weighted by atomic mass is 10.0. The molecule has 2 saturated heterocycles. The zero-order valence-electron chi connectivity index (χ0n) is 17.7. The van der Waals surface area contributed by atoms with E-state index >= 15 is 0 Å². The summed E-state index contributed by atoms with van der Waals surface area (Å²) in [5.41, 5.74) is 3.18. The van der Waals surface area contributed by atoms with Crippen molar-refractivity contribution in [2.45, 2.75) is 39.0 Å². The summed E-state index contributed by atoms with van der Waals surface area (Å²) >= 11 is 0. The lowest BCUT2D eigenvalue weighted by Gasteiger charge is -2.36. The molecule has 0 aliphatic carbocycles. The van der Waals surface area contributed by atoms with Gasteiger partial charge < -0.3 is 24.2 Å². The minimum atomic E-state index is -0.101. The fourth-order valence-corrected chi connectivity index (χ4v) is 3.68. The van der Waals surface area contributed by atoms with Gasteiger partial charge in [-0.25, -0.2) is 4.79 Å². The number of rotatable bonds is 7. The smallest absolute Gasteiger partial charge is 0.321 e. The molecule has 0 unspecified atom stereocenters. The maximum atomic E-state index is 12.4. The van der Waals surface area contributed by atoms with Crippen molar-refractivity contribution in [1.82, 2.24) is 15.0 Å². The molecule has 2 aromatic rings. The van der Waals surface area contributed by atoms with E-state index in [-0.39, 0.29) is 11.9 Å². The summed E-state index contributed by atoms with van der Waals surface area (Å²) in [4.78, 5) is 18.6. The minimum Gasteiger partial charge on any atom is -0.381 e. The van der Waals surface area contributed by atoms with Gasteiger partial charge in [-0.1, -0.05) is 11.2 Å². The number of hydrogen-bond donors (Lipinski definition) is 1. The lowest BCUT2D eigenvalue weighted by molar-refractivity contribution is 0.0211. The van der Waals surface area contributed by atoms with Crippen LogP contribution in [0, 0.1) is 19.8 Å². The topological polar surface area (TPSA) is 89.7 Å². The van der Waals surface area contributed by atoms with Crippen molar-refractivity contribution in [3.8, 4) is 0 Å². The van der Waals surface area contributed by atoms with E-state index in [1.807, 2.05) is 25.1 Å². The Kier molecular flexibility index (Phi) is 6.64. The number of carbonyl (C=O) groups excluding carboxylic acids is 1. The molecule has 3 heterocycles. The maximum absolute atomic E-state index is 12.4. The van der Waals surface area contributed by atoms with Gasteiger partial charge in [0, 0.05) is 45.0 Å². The number of likely N-dealkylation sites (tertiary alicyclic amines) is 1. The van der Waals surface area contributed by atoms with Crippen LogP contribution in [0.4, 0.5) is 10.5 Å². The van der Waals surface area contributed by atoms with E-state index in [0.717, 1.165) is 43.9 Å². The van der Waals surface area contributed by atoms with E-state index in [1.165, 1.54) is 5.56 Å². The third kappa shape index (κ3) is 5.17. The molecule has 0 atom stereocenters. The molecule has 1 N–H and O–H groups in total. The van der Waals surface area contributed by atoms with Crippen molar-refractivity contribution in [2.24, 2.45) is 5.92 Å². The second kappa shape index (κ2) is 9.57. The highest BCUT2D eigenvalue weighted by Gasteiger charge is 2.35. The molecule has 1 aromatic carbocycles. The van der Waals surface area contributed by atoms with E-state index in [0.29, 0.717) is 43.8 Å². The van der Waals surface area contributed by atoms with Crippen molar-refractivity contribution in [1.29, 1.82) is 0 Å². The number of aryl methyl sites for hydroxylation is 2. The molecule has 2 amide bonds. The highest BCUT2D eigenvalue weighted by Crippen LogP contribution is 2.26. The van der Waals surface area contributed by atoms with E-state index in [4.69, 9.17) is 14.0 Å². The van der Waals surface area contributed by atoms with Gasteiger partial charge in [-0.3, -0.25) is 0 Å². The predicted octanol–water partition coefficient (Wildman–Crippen LogP) is 3.30. The maximum Gasteiger partial charge on any atom is 0.321 e. The molecular formula is C22H30N4O4. The Bertz CT molecular complexity index is 857. The summed E-state index contributed by atoms with van der Waals surface area (Å²) < 4.78 is 16.5. The summed E-state index contributed by atoms with van der Waals surface area (Å²) in [6.07, 6.45) is 2.78. The SMILES string of the molecule is Cc1ccc(NC(=O)N2CC(c3nc(CCOCC4CCOCC4)no3)C2)cc1C. The number of benzene rings is 1. The van der Waals surface area contributed by atoms with Crippen molar-refractivity contribution >= 4 is 11.7 Å². The average Bonchev–Trinajstić information content (AvgIpc) is 3.16. The summed E-state index contributed by atoms with van der Waals surface area (Å²) in [6, 6.07) is 5.82. The van der Waals surface area contributed by atoms with Gasteiger partial charge in [0.05, 0.1) is 12.5 Å². The minimum absolute atomic E-state index is 0.0971. The largest absolute Gasteiger partial charge is 0.381 e. The van der Waals surface area contributed by atoms with E-state index in [9.17, 15) is 4.79 Å². The number of hydrogen-bond acceptors (Lipinski definition) is 6. The third-order valence-electron chi connectivity index (χ3n) is 5.92. The quantitative estimate of drug-likeness (QED) is 0.699. The zero-order chi connectivity index (χ0) is 20.9. The van der Waals surface area contributed by atoms with Crippen molar-refractivity contribution in [3.63, 3.8) is 0 Å². The third-order valence-corrected chi connectivity index (χ3v) is 5.92. The molecule has 8 nitrogen and oxygen atoms in total. The van der Waals surface area contributed by atoms with E-state index in [1.54, 1.807) is 4.90 Å². The number of carbonyl (C=O) groups is 1. The van der Waals surface area contributed by atoms with Gasteiger partial charge in [0.25, 0.3) is 0 Å². The van der Waals surface area contributed by atoms with Crippen LogP contribution in [0.5, 0.6) is 0 Å². The fraction of sp³-hybridized carbons (Fsp3) is 0.591. The Labute approximate surface area is 176 Å². The average molecular weight is 415 g/mol. The number of nitrogens with zero attached hydrogens (tertiary/aromatic N) is 3. The number of urea groups is 1. The summed E-state index contributed by atoms with van der Waals surface area (Å²) in [5, 5.41) is 7.00. The molecule has 0 bridgehead atoms. The lowest BCUT2D eigenvalue weighted by Crippen LogP contribution is -2.50. The predicted molar refractivity (Wildman–Crippen MR) is 112 cm³/mol. The van der Waals surface area contributed by atoms with Crippen LogP contribution >= 0.6 is 0 Å². The number of anilines is 1. The number of aromatic nitrogens is 2. The van der Waals surface area contributed by atoms with Gasteiger partial charge in [0.1, 0.15) is 0 Å². The number of nitrogens with one attached hydrogen (secondary N) is 1. The second-order valence-electron chi connectivity index (χ2n) is 8.26. The molecule has 0 radical (unpaired) electrons. The molecule has 8 heteroatoms. The van der Waals surface area contributed by atoms with Gasteiger partial charge in [0.2, 0.25) is 5.89 Å². The standard InChI is InChI=1S/C22H30N4O4/c1-15-3-4-19(11-16(15)2)23-22(27)26-12-18(13-26)21-24-20(25-30-21)7-10-29-14-17-5-8-28-9-6-17/h3-4,11,17-18H,5-10,12-14H2,1-2H3,(H,23,27). The summed E-state index contributed by atoms with van der Waals surface area (Å²) in [5.74, 6) is 1.95. The van der Waals surface area contributed by atoms with Crippen molar-refractivity contribution < 1.29 is 18.8 Å². The van der Waals surface area contributed by atoms with E-state index < -0.39 is 0 Å². The Morgan fingerprint density at radius 1 is 1.23 bits per heavy atom. The molecular weight excluding hydrogens is 384 g/mol. The highest BCUT2D eigenvalue weighted by molar-refractivity contribution is 5.90. The molecule has 30 heavy (non-hydrogen) atoms. The molecule has 4 rings (SSSR count). The van der Waals surface area contributed by atoms with Crippen LogP contribution in [0.2, 0.25) is 0 Å². The summed E-state index contributed by atoms with van der Waals surface area (Å²) in [7, 11) is 0. The van der Waals surface area contributed by atoms with Gasteiger partial charge in [-0.2, -0.15) is 4.98 Å². The monoisotopic (exact) mass is 414 g/mol. The molecule has 162 valence electrons. The van der Waals surface area contributed by atoms with Gasteiger partial charge >= 0.3 is 6.03 Å². The summed E-state index contributed by atoms with van der Waals surface area (Å²) in [6.45, 7) is 8.28. The molecule has 2 aliphatic rings. The van der Waals surface area contributed by atoms with Crippen LogP contribution in [0.3, 0.4) is 0 Å². The van der Waals surface area contributed by atoms with Crippen LogP contribution in [-0.4, -0.2) is 60.6 Å². The first-order valence-electron chi connectivity index (χ1n) is 10.7. The van der Waals surface area contributed by atoms with Gasteiger partial charge in [-0.15, -0.1) is 0 Å². The molecule has 2 fully saturated rings. The second-order valence-corrected chi connectivity index (χ2v) is 8.26. The van der Waals surface area contributed by atoms with Crippen molar-refractivity contribution in [2.75, 3.05) is 44.8 Å². The Balaban J connectivity index is 1.17. The molecule has 0 saturated carbocycles. The van der Waals surface area contributed by atoms with E-state index in [2.05, 4.69) is 22.4 Å². The van der Waals surface area contributed by atoms with Crippen LogP contribution in [0.25, 0.3) is 0 Å². The van der Waals surface area contributed by atoms with Crippen LogP contribution < -0.4 is 5.32 Å². The van der Waals surface area contributed by atoms with Crippen LogP contribution in [-0.2, 0) is 15.9 Å². The number of amides is 2. The Hall–Kier alpha value is -2.45. The normalized spacial score (nSPS) is 17.7. The Morgan fingerprint density at radius 3 is 2.80 bits per heavy atom. The zero-order valence-corrected chi connectivity index (χ0v) is 17.7.